The van der Waals surface area contributed by atoms with Gasteiger partial charge in [0.2, 0.25) is 0 Å². The summed E-state index contributed by atoms with van der Waals surface area (Å²) in [5.41, 5.74) is 1.54. The quantitative estimate of drug-likeness (QED) is 0.814. The molecule has 21 heavy (non-hydrogen) atoms. The molecular formula is C17H17NO2S. The highest BCUT2D eigenvalue weighted by atomic mass is 32.1. The molecule has 0 bridgehead atoms. The summed E-state index contributed by atoms with van der Waals surface area (Å²) in [5, 5.41) is 3.79. The average Bonchev–Trinajstić information content (AvgIpc) is 3.09. The Morgan fingerprint density at radius 3 is 2.33 bits per heavy atom. The summed E-state index contributed by atoms with van der Waals surface area (Å²) >= 11 is 1.53. The summed E-state index contributed by atoms with van der Waals surface area (Å²) in [7, 11) is 0. The van der Waals surface area contributed by atoms with E-state index >= 15 is 0 Å². The molecular weight excluding hydrogens is 282 g/mol. The molecule has 2 aromatic rings. The molecule has 2 heterocycles. The molecule has 0 N–H and O–H groups in total. The van der Waals surface area contributed by atoms with Crippen molar-refractivity contribution in [2.75, 3.05) is 13.1 Å². The van der Waals surface area contributed by atoms with Gasteiger partial charge in [-0.05, 0) is 24.3 Å². The largest absolute Gasteiger partial charge is 0.339 e. The highest BCUT2D eigenvalue weighted by Gasteiger charge is 2.28. The Balaban J connectivity index is 1.60. The number of hydrogen-bond acceptors (Lipinski definition) is 3. The monoisotopic (exact) mass is 299 g/mol. The minimum absolute atomic E-state index is 0.0407. The smallest absolute Gasteiger partial charge is 0.254 e. The summed E-state index contributed by atoms with van der Waals surface area (Å²) < 4.78 is 0. The van der Waals surface area contributed by atoms with Gasteiger partial charge in [0.15, 0.2) is 5.78 Å². The third kappa shape index (κ3) is 3.05. The number of thiophene rings is 1. The van der Waals surface area contributed by atoms with E-state index in [1.807, 2.05) is 52.1 Å². The molecule has 0 aliphatic carbocycles. The number of piperidine rings is 1. The van der Waals surface area contributed by atoms with Gasteiger partial charge in [-0.2, -0.15) is 11.3 Å². The molecule has 3 rings (SSSR count). The van der Waals surface area contributed by atoms with Crippen molar-refractivity contribution < 1.29 is 9.59 Å². The summed E-state index contributed by atoms with van der Waals surface area (Å²) in [6, 6.07) is 11.3. The van der Waals surface area contributed by atoms with Crippen molar-refractivity contribution >= 4 is 23.0 Å². The number of benzene rings is 1. The highest BCUT2D eigenvalue weighted by molar-refractivity contribution is 7.08. The van der Waals surface area contributed by atoms with Crippen LogP contribution in [0.25, 0.3) is 0 Å². The third-order valence-corrected chi connectivity index (χ3v) is 4.66. The third-order valence-electron chi connectivity index (χ3n) is 3.98. The van der Waals surface area contributed by atoms with Gasteiger partial charge in [0.1, 0.15) is 0 Å². The maximum Gasteiger partial charge on any atom is 0.254 e. The van der Waals surface area contributed by atoms with Crippen LogP contribution < -0.4 is 0 Å². The number of ketones is 1. The topological polar surface area (TPSA) is 37.4 Å². The lowest BCUT2D eigenvalue weighted by Crippen LogP contribution is -2.40. The van der Waals surface area contributed by atoms with Crippen LogP contribution in [-0.2, 0) is 0 Å². The standard InChI is InChI=1S/C17H17NO2S/c19-16(13-4-2-1-3-5-13)14-6-9-18(10-7-14)17(20)15-8-11-21-12-15/h1-5,8,11-12,14H,6-7,9-10H2. The molecule has 1 saturated heterocycles. The van der Waals surface area contributed by atoms with Crippen molar-refractivity contribution in [1.29, 1.82) is 0 Å². The van der Waals surface area contributed by atoms with Crippen molar-refractivity contribution in [3.8, 4) is 0 Å². The Morgan fingerprint density at radius 2 is 1.71 bits per heavy atom. The number of likely N-dealkylation sites (tertiary alicyclic amines) is 1. The van der Waals surface area contributed by atoms with E-state index < -0.39 is 0 Å². The van der Waals surface area contributed by atoms with Crippen molar-refractivity contribution in [3.05, 3.63) is 58.3 Å². The minimum atomic E-state index is 0.0407. The van der Waals surface area contributed by atoms with E-state index in [2.05, 4.69) is 0 Å². The molecule has 1 aromatic heterocycles. The zero-order valence-electron chi connectivity index (χ0n) is 11.7. The number of carbonyl (C=O) groups excluding carboxylic acids is 2. The second-order valence-electron chi connectivity index (χ2n) is 5.31. The van der Waals surface area contributed by atoms with Crippen molar-refractivity contribution in [3.63, 3.8) is 0 Å². The van der Waals surface area contributed by atoms with Crippen molar-refractivity contribution in [2.45, 2.75) is 12.8 Å². The van der Waals surface area contributed by atoms with Crippen LogP contribution in [0.2, 0.25) is 0 Å². The molecule has 3 nitrogen and oxygen atoms in total. The predicted molar refractivity (Wildman–Crippen MR) is 83.7 cm³/mol. The number of nitrogens with zero attached hydrogens (tertiary/aromatic N) is 1. The average molecular weight is 299 g/mol. The van der Waals surface area contributed by atoms with E-state index in [1.165, 1.54) is 11.3 Å². The lowest BCUT2D eigenvalue weighted by Gasteiger charge is -2.31. The zero-order valence-corrected chi connectivity index (χ0v) is 12.5. The normalized spacial score (nSPS) is 15.9. The molecule has 0 atom stereocenters. The van der Waals surface area contributed by atoms with Crippen molar-refractivity contribution in [2.24, 2.45) is 5.92 Å². The van der Waals surface area contributed by atoms with Gasteiger partial charge in [-0.1, -0.05) is 30.3 Å². The first-order chi connectivity index (χ1) is 10.3. The highest BCUT2D eigenvalue weighted by Crippen LogP contribution is 2.23. The first-order valence-electron chi connectivity index (χ1n) is 7.16. The Bertz CT molecular complexity index is 614. The predicted octanol–water partition coefficient (Wildman–Crippen LogP) is 3.48. The molecule has 1 fully saturated rings. The van der Waals surface area contributed by atoms with Crippen LogP contribution in [0.5, 0.6) is 0 Å². The van der Waals surface area contributed by atoms with E-state index in [9.17, 15) is 9.59 Å². The molecule has 0 spiro atoms. The summed E-state index contributed by atoms with van der Waals surface area (Å²) in [6.45, 7) is 1.33. The molecule has 1 aromatic carbocycles. The van der Waals surface area contributed by atoms with Gasteiger partial charge in [-0.15, -0.1) is 0 Å². The van der Waals surface area contributed by atoms with E-state index in [1.54, 1.807) is 0 Å². The van der Waals surface area contributed by atoms with Crippen LogP contribution in [0.3, 0.4) is 0 Å². The second kappa shape index (κ2) is 6.22. The first kappa shape index (κ1) is 14.0. The Kier molecular flexibility index (Phi) is 4.15. The number of amides is 1. The minimum Gasteiger partial charge on any atom is -0.339 e. The van der Waals surface area contributed by atoms with E-state index in [-0.39, 0.29) is 17.6 Å². The lowest BCUT2D eigenvalue weighted by molar-refractivity contribution is 0.0651. The number of Topliss-reactive ketones (excluding diaryl/α,β-unsaturated/α-hetero) is 1. The van der Waals surface area contributed by atoms with Gasteiger partial charge in [0, 0.05) is 30.0 Å². The Hall–Kier alpha value is -1.94. The summed E-state index contributed by atoms with van der Waals surface area (Å²) in [5.74, 6) is 0.332. The maximum absolute atomic E-state index is 12.4. The zero-order chi connectivity index (χ0) is 14.7. The van der Waals surface area contributed by atoms with Crippen LogP contribution in [-0.4, -0.2) is 29.7 Å². The van der Waals surface area contributed by atoms with Gasteiger partial charge in [0.25, 0.3) is 5.91 Å². The van der Waals surface area contributed by atoms with Crippen LogP contribution in [0, 0.1) is 5.92 Å². The van der Waals surface area contributed by atoms with Crippen LogP contribution in [0.15, 0.2) is 47.2 Å². The molecule has 4 heteroatoms. The van der Waals surface area contributed by atoms with Crippen LogP contribution >= 0.6 is 11.3 Å². The fraction of sp³-hybridized carbons (Fsp3) is 0.294. The van der Waals surface area contributed by atoms with E-state index in [4.69, 9.17) is 0 Å². The number of hydrogen-bond donors (Lipinski definition) is 0. The molecule has 1 amide bonds. The maximum atomic E-state index is 12.4. The Morgan fingerprint density at radius 1 is 1.00 bits per heavy atom. The molecule has 1 aliphatic rings. The lowest BCUT2D eigenvalue weighted by atomic mass is 9.89. The SMILES string of the molecule is O=C(c1ccccc1)C1CCN(C(=O)c2ccsc2)CC1. The van der Waals surface area contributed by atoms with Gasteiger partial charge >= 0.3 is 0 Å². The summed E-state index contributed by atoms with van der Waals surface area (Å²) in [4.78, 5) is 26.5. The fourth-order valence-electron chi connectivity index (χ4n) is 2.75. The van der Waals surface area contributed by atoms with Gasteiger partial charge in [-0.25, -0.2) is 0 Å². The van der Waals surface area contributed by atoms with Crippen LogP contribution in [0.1, 0.15) is 33.6 Å². The van der Waals surface area contributed by atoms with Gasteiger partial charge in [0.05, 0.1) is 5.56 Å². The molecule has 0 unspecified atom stereocenters. The number of carbonyl (C=O) groups is 2. The molecule has 108 valence electrons. The Labute approximate surface area is 128 Å². The fourth-order valence-corrected chi connectivity index (χ4v) is 3.38. The van der Waals surface area contributed by atoms with Gasteiger partial charge < -0.3 is 4.90 Å². The number of rotatable bonds is 3. The summed E-state index contributed by atoms with van der Waals surface area (Å²) in [6.07, 6.45) is 1.51. The molecule has 0 radical (unpaired) electrons. The second-order valence-corrected chi connectivity index (χ2v) is 6.09. The molecule has 0 saturated carbocycles. The van der Waals surface area contributed by atoms with E-state index in [0.29, 0.717) is 13.1 Å². The van der Waals surface area contributed by atoms with Gasteiger partial charge in [-0.3, -0.25) is 9.59 Å². The molecule has 1 aliphatic heterocycles. The van der Waals surface area contributed by atoms with Crippen molar-refractivity contribution in [1.82, 2.24) is 4.90 Å². The van der Waals surface area contributed by atoms with Crippen LogP contribution in [0.4, 0.5) is 0 Å². The first-order valence-corrected chi connectivity index (χ1v) is 8.11. The van der Waals surface area contributed by atoms with E-state index in [0.717, 1.165) is 24.0 Å².